The first-order valence-corrected chi connectivity index (χ1v) is 4.83. The molecule has 0 saturated heterocycles. The minimum atomic E-state index is 0. The molecule has 2 rings (SSSR count). The van der Waals surface area contributed by atoms with Crippen molar-refractivity contribution in [2.75, 3.05) is 0 Å². The smallest absolute Gasteiger partial charge is 0 e. The van der Waals surface area contributed by atoms with Gasteiger partial charge in [-0.05, 0) is 21.5 Å². The van der Waals surface area contributed by atoms with Crippen LogP contribution in [0.2, 0.25) is 0 Å². The largest absolute Gasteiger partial charge is 0.152 e. The van der Waals surface area contributed by atoms with Crippen molar-refractivity contribution in [2.24, 2.45) is 0 Å². The summed E-state index contributed by atoms with van der Waals surface area (Å²) in [5.74, 6) is 0. The Morgan fingerprint density at radius 2 is 0.818 bits per heavy atom. The van der Waals surface area contributed by atoms with Crippen LogP contribution in [0, 0.1) is 0 Å². The molecule has 0 aliphatic rings. The van der Waals surface area contributed by atoms with Crippen molar-refractivity contribution in [3.8, 4) is 0 Å². The molecule has 2 heterocycles. The van der Waals surface area contributed by atoms with E-state index in [1.807, 2.05) is 45.8 Å². The van der Waals surface area contributed by atoms with Crippen molar-refractivity contribution in [1.29, 1.82) is 0 Å². The zero-order chi connectivity index (χ0) is 7.07. The minimum absolute atomic E-state index is 0. The molecular formula is C8H8PbS2. The third-order valence-corrected chi connectivity index (χ3v) is 2.11. The van der Waals surface area contributed by atoms with Gasteiger partial charge in [0, 0.05) is 27.3 Å². The van der Waals surface area contributed by atoms with E-state index in [0.29, 0.717) is 0 Å². The summed E-state index contributed by atoms with van der Waals surface area (Å²) in [5, 5.41) is 8.17. The van der Waals surface area contributed by atoms with Gasteiger partial charge in [-0.2, -0.15) is 22.7 Å². The average molecular weight is 375 g/mol. The first kappa shape index (κ1) is 11.3. The molecule has 0 aliphatic carbocycles. The Balaban J connectivity index is 0.000000167. The van der Waals surface area contributed by atoms with Gasteiger partial charge < -0.3 is 0 Å². The fourth-order valence-electron chi connectivity index (χ4n) is 0.454. The molecule has 0 amide bonds. The fraction of sp³-hybridized carbons (Fsp3) is 0. The molecule has 0 bridgehead atoms. The number of rotatable bonds is 0. The summed E-state index contributed by atoms with van der Waals surface area (Å²) in [6, 6.07) is 8.07. The van der Waals surface area contributed by atoms with E-state index in [1.165, 1.54) is 0 Å². The summed E-state index contributed by atoms with van der Waals surface area (Å²) < 4.78 is 0. The van der Waals surface area contributed by atoms with E-state index in [2.05, 4.69) is 0 Å². The van der Waals surface area contributed by atoms with Gasteiger partial charge >= 0.3 is 0 Å². The Bertz CT molecular complexity index is 151. The Kier molecular flexibility index (Phi) is 8.67. The van der Waals surface area contributed by atoms with E-state index in [-0.39, 0.29) is 27.3 Å². The van der Waals surface area contributed by atoms with Crippen LogP contribution in [0.4, 0.5) is 0 Å². The van der Waals surface area contributed by atoms with E-state index in [9.17, 15) is 0 Å². The molecule has 0 aliphatic heterocycles. The van der Waals surface area contributed by atoms with Gasteiger partial charge in [0.15, 0.2) is 0 Å². The summed E-state index contributed by atoms with van der Waals surface area (Å²) in [4.78, 5) is 0. The molecule has 0 unspecified atom stereocenters. The van der Waals surface area contributed by atoms with Crippen LogP contribution in [0.15, 0.2) is 45.8 Å². The second-order valence-corrected chi connectivity index (χ2v) is 3.22. The Morgan fingerprint density at radius 1 is 0.545 bits per heavy atom. The predicted octanol–water partition coefficient (Wildman–Crippen LogP) is 3.12. The van der Waals surface area contributed by atoms with Gasteiger partial charge in [0.25, 0.3) is 0 Å². The molecule has 0 spiro atoms. The maximum absolute atomic E-state index is 2.04. The molecular weight excluding hydrogens is 367 g/mol. The van der Waals surface area contributed by atoms with Crippen molar-refractivity contribution in [2.45, 2.75) is 0 Å². The minimum Gasteiger partial charge on any atom is -0.152 e. The second-order valence-electron chi connectivity index (χ2n) is 1.59. The van der Waals surface area contributed by atoms with Crippen LogP contribution >= 0.6 is 22.7 Å². The fourth-order valence-corrected chi connectivity index (χ4v) is 1.36. The third-order valence-electron chi connectivity index (χ3n) is 0.851. The molecule has 4 radical (unpaired) electrons. The number of thiophene rings is 2. The molecule has 11 heavy (non-hydrogen) atoms. The third kappa shape index (κ3) is 6.71. The van der Waals surface area contributed by atoms with Gasteiger partial charge in [0.05, 0.1) is 0 Å². The molecule has 0 saturated carbocycles. The number of hydrogen-bond acceptors (Lipinski definition) is 2. The predicted molar refractivity (Wildman–Crippen MR) is 54.4 cm³/mol. The quantitative estimate of drug-likeness (QED) is 0.621. The average Bonchev–Trinajstić information content (AvgIpc) is 2.67. The second kappa shape index (κ2) is 8.42. The van der Waals surface area contributed by atoms with Gasteiger partial charge in [-0.25, -0.2) is 0 Å². The zero-order valence-electron chi connectivity index (χ0n) is 5.94. The van der Waals surface area contributed by atoms with Crippen LogP contribution in [0.1, 0.15) is 0 Å². The van der Waals surface area contributed by atoms with Crippen LogP contribution in [-0.4, -0.2) is 27.3 Å². The van der Waals surface area contributed by atoms with Crippen molar-refractivity contribution < 1.29 is 0 Å². The topological polar surface area (TPSA) is 0 Å². The molecule has 2 aromatic rings. The first-order valence-electron chi connectivity index (χ1n) is 2.94. The standard InChI is InChI=1S/2C4H4S.Pb/c2*1-2-4-5-3-1;/h2*1-4H;. The normalized spacial score (nSPS) is 7.27. The van der Waals surface area contributed by atoms with Crippen LogP contribution in [-0.2, 0) is 0 Å². The van der Waals surface area contributed by atoms with Crippen LogP contribution in [0.3, 0.4) is 0 Å². The van der Waals surface area contributed by atoms with Crippen molar-refractivity contribution in [3.05, 3.63) is 45.8 Å². The van der Waals surface area contributed by atoms with E-state index in [4.69, 9.17) is 0 Å². The van der Waals surface area contributed by atoms with Crippen molar-refractivity contribution in [3.63, 3.8) is 0 Å². The van der Waals surface area contributed by atoms with Crippen LogP contribution < -0.4 is 0 Å². The molecule has 0 atom stereocenters. The van der Waals surface area contributed by atoms with E-state index in [1.54, 1.807) is 22.7 Å². The first-order chi connectivity index (χ1) is 5.00. The maximum Gasteiger partial charge on any atom is 0 e. The summed E-state index contributed by atoms with van der Waals surface area (Å²) in [6.45, 7) is 0. The zero-order valence-corrected chi connectivity index (χ0v) is 11.5. The van der Waals surface area contributed by atoms with E-state index >= 15 is 0 Å². The van der Waals surface area contributed by atoms with E-state index < -0.39 is 0 Å². The molecule has 0 aromatic carbocycles. The molecule has 0 N–H and O–H groups in total. The number of hydrogen-bond donors (Lipinski definition) is 0. The SMILES string of the molecule is [Pb].c1ccsc1.c1ccsc1. The summed E-state index contributed by atoms with van der Waals surface area (Å²) in [7, 11) is 0. The van der Waals surface area contributed by atoms with Gasteiger partial charge in [0.1, 0.15) is 0 Å². The van der Waals surface area contributed by atoms with Crippen LogP contribution in [0.5, 0.6) is 0 Å². The maximum atomic E-state index is 2.04. The monoisotopic (exact) mass is 376 g/mol. The van der Waals surface area contributed by atoms with Crippen molar-refractivity contribution >= 4 is 50.0 Å². The molecule has 0 nitrogen and oxygen atoms in total. The molecule has 56 valence electrons. The van der Waals surface area contributed by atoms with Gasteiger partial charge in [-0.1, -0.05) is 24.3 Å². The van der Waals surface area contributed by atoms with E-state index in [0.717, 1.165) is 0 Å². The molecule has 2 aromatic heterocycles. The molecule has 3 heteroatoms. The van der Waals surface area contributed by atoms with Gasteiger partial charge in [-0.15, -0.1) is 0 Å². The summed E-state index contributed by atoms with van der Waals surface area (Å²) >= 11 is 3.43. The van der Waals surface area contributed by atoms with Gasteiger partial charge in [0.2, 0.25) is 0 Å². The van der Waals surface area contributed by atoms with Crippen LogP contribution in [0.25, 0.3) is 0 Å². The Hall–Kier alpha value is 0.322. The Labute approximate surface area is 95.1 Å². The summed E-state index contributed by atoms with van der Waals surface area (Å²) in [5.41, 5.74) is 0. The molecule has 0 fully saturated rings. The van der Waals surface area contributed by atoms with Gasteiger partial charge in [-0.3, -0.25) is 0 Å². The Morgan fingerprint density at radius 3 is 0.909 bits per heavy atom. The van der Waals surface area contributed by atoms with Crippen molar-refractivity contribution in [1.82, 2.24) is 0 Å². The summed E-state index contributed by atoms with van der Waals surface area (Å²) in [6.07, 6.45) is 0.